The number of ether oxygens (including phenoxy) is 1. The van der Waals surface area contributed by atoms with E-state index in [1.54, 1.807) is 18.5 Å². The highest BCUT2D eigenvalue weighted by molar-refractivity contribution is 5.87. The van der Waals surface area contributed by atoms with Gasteiger partial charge in [0.15, 0.2) is 5.82 Å². The lowest BCUT2D eigenvalue weighted by Crippen LogP contribution is -2.22. The molecule has 1 aromatic heterocycles. The van der Waals surface area contributed by atoms with Crippen LogP contribution >= 0.6 is 0 Å². The van der Waals surface area contributed by atoms with E-state index in [0.29, 0.717) is 5.69 Å². The molecule has 1 heterocycles. The highest BCUT2D eigenvalue weighted by Gasteiger charge is 2.49. The van der Waals surface area contributed by atoms with Gasteiger partial charge in [0.25, 0.3) is 0 Å². The Bertz CT molecular complexity index is 675. The van der Waals surface area contributed by atoms with Gasteiger partial charge in [-0.2, -0.15) is 5.10 Å². The summed E-state index contributed by atoms with van der Waals surface area (Å²) < 4.78 is 20.8. The maximum Gasteiger partial charge on any atom is 0.361 e. The third-order valence-corrected chi connectivity index (χ3v) is 3.95. The standard InChI is InChI=1S/C16H17FN2O2/c1-3-21-15(20)14-13(17)11(2)19(18-14)16(9-10-16)12-7-5-4-6-8-12/h4-8H,3,9-10H2,1-2H3. The molecule has 0 atom stereocenters. The lowest BCUT2D eigenvalue weighted by Gasteiger charge is -2.18. The Morgan fingerprint density at radius 2 is 2.05 bits per heavy atom. The van der Waals surface area contributed by atoms with Crippen molar-refractivity contribution in [1.82, 2.24) is 9.78 Å². The van der Waals surface area contributed by atoms with Crippen LogP contribution in [0, 0.1) is 12.7 Å². The summed E-state index contributed by atoms with van der Waals surface area (Å²) in [6.07, 6.45) is 1.78. The van der Waals surface area contributed by atoms with Gasteiger partial charge in [-0.25, -0.2) is 9.18 Å². The van der Waals surface area contributed by atoms with Crippen LogP contribution in [0.5, 0.6) is 0 Å². The van der Waals surface area contributed by atoms with Crippen molar-refractivity contribution >= 4 is 5.97 Å². The van der Waals surface area contributed by atoms with Gasteiger partial charge < -0.3 is 4.74 Å². The normalized spacial score (nSPS) is 15.8. The number of rotatable bonds is 4. The molecule has 4 nitrogen and oxygen atoms in total. The molecule has 0 aliphatic heterocycles. The van der Waals surface area contributed by atoms with E-state index < -0.39 is 11.8 Å². The fourth-order valence-corrected chi connectivity index (χ4v) is 2.72. The van der Waals surface area contributed by atoms with E-state index in [2.05, 4.69) is 5.10 Å². The van der Waals surface area contributed by atoms with Crippen LogP contribution in [0.2, 0.25) is 0 Å². The molecule has 0 spiro atoms. The second-order valence-corrected chi connectivity index (χ2v) is 5.28. The first kappa shape index (κ1) is 13.8. The topological polar surface area (TPSA) is 44.1 Å². The number of aromatic nitrogens is 2. The van der Waals surface area contributed by atoms with Crippen LogP contribution in [0.1, 0.15) is 41.5 Å². The first-order valence-electron chi connectivity index (χ1n) is 7.08. The maximum absolute atomic E-state index is 14.3. The number of benzene rings is 1. The van der Waals surface area contributed by atoms with Crippen LogP contribution in [-0.2, 0) is 10.3 Å². The summed E-state index contributed by atoms with van der Waals surface area (Å²) >= 11 is 0. The molecule has 1 aromatic carbocycles. The summed E-state index contributed by atoms with van der Waals surface area (Å²) in [5.74, 6) is -1.30. The van der Waals surface area contributed by atoms with Crippen molar-refractivity contribution in [1.29, 1.82) is 0 Å². The molecule has 0 N–H and O–H groups in total. The minimum Gasteiger partial charge on any atom is -0.461 e. The van der Waals surface area contributed by atoms with Crippen molar-refractivity contribution in [2.45, 2.75) is 32.2 Å². The van der Waals surface area contributed by atoms with Gasteiger partial charge >= 0.3 is 5.97 Å². The average Bonchev–Trinajstić information content (AvgIpc) is 3.24. The highest BCUT2D eigenvalue weighted by Crippen LogP contribution is 2.49. The van der Waals surface area contributed by atoms with Gasteiger partial charge in [-0.3, -0.25) is 4.68 Å². The van der Waals surface area contributed by atoms with E-state index in [-0.39, 0.29) is 17.8 Å². The zero-order valence-corrected chi connectivity index (χ0v) is 12.1. The predicted octanol–water partition coefficient (Wildman–Crippen LogP) is 3.04. The van der Waals surface area contributed by atoms with Crippen molar-refractivity contribution in [3.8, 4) is 0 Å². The molecule has 3 rings (SSSR count). The van der Waals surface area contributed by atoms with Crippen LogP contribution in [0.3, 0.4) is 0 Å². The third-order valence-electron chi connectivity index (χ3n) is 3.95. The minimum absolute atomic E-state index is 0.202. The second kappa shape index (κ2) is 4.98. The summed E-state index contributed by atoms with van der Waals surface area (Å²) in [6.45, 7) is 3.54. The Balaban J connectivity index is 2.04. The van der Waals surface area contributed by atoms with Crippen molar-refractivity contribution in [3.63, 3.8) is 0 Å². The highest BCUT2D eigenvalue weighted by atomic mass is 19.1. The first-order chi connectivity index (χ1) is 10.1. The molecule has 0 amide bonds. The molecule has 0 radical (unpaired) electrons. The summed E-state index contributed by atoms with van der Waals surface area (Å²) in [6, 6.07) is 9.87. The SMILES string of the molecule is CCOC(=O)c1nn(C2(c3ccccc3)CC2)c(C)c1F. The molecular formula is C16H17FN2O2. The predicted molar refractivity (Wildman–Crippen MR) is 75.6 cm³/mol. The summed E-state index contributed by atoms with van der Waals surface area (Å²) in [5.41, 5.74) is 0.915. The monoisotopic (exact) mass is 288 g/mol. The van der Waals surface area contributed by atoms with E-state index in [1.165, 1.54) is 0 Å². The van der Waals surface area contributed by atoms with E-state index in [0.717, 1.165) is 18.4 Å². The molecule has 0 bridgehead atoms. The van der Waals surface area contributed by atoms with Gasteiger partial charge in [0, 0.05) is 0 Å². The lowest BCUT2D eigenvalue weighted by molar-refractivity contribution is 0.0513. The van der Waals surface area contributed by atoms with Gasteiger partial charge in [0.1, 0.15) is 0 Å². The number of hydrogen-bond donors (Lipinski definition) is 0. The molecule has 1 aliphatic carbocycles. The van der Waals surface area contributed by atoms with Crippen molar-refractivity contribution in [2.75, 3.05) is 6.61 Å². The summed E-state index contributed by atoms with van der Waals surface area (Å²) in [5, 5.41) is 4.21. The van der Waals surface area contributed by atoms with Gasteiger partial charge in [-0.15, -0.1) is 0 Å². The van der Waals surface area contributed by atoms with Crippen molar-refractivity contribution in [2.24, 2.45) is 0 Å². The Morgan fingerprint density at radius 1 is 1.38 bits per heavy atom. The number of esters is 1. The molecule has 21 heavy (non-hydrogen) atoms. The van der Waals surface area contributed by atoms with E-state index in [9.17, 15) is 9.18 Å². The van der Waals surface area contributed by atoms with Gasteiger partial charge in [0.2, 0.25) is 5.69 Å². The molecular weight excluding hydrogens is 271 g/mol. The summed E-state index contributed by atoms with van der Waals surface area (Å²) in [7, 11) is 0. The second-order valence-electron chi connectivity index (χ2n) is 5.28. The van der Waals surface area contributed by atoms with Crippen LogP contribution in [-0.4, -0.2) is 22.4 Å². The third kappa shape index (κ3) is 2.13. The van der Waals surface area contributed by atoms with E-state index in [1.807, 2.05) is 30.3 Å². The van der Waals surface area contributed by atoms with Crippen molar-refractivity contribution in [3.05, 3.63) is 53.1 Å². The molecule has 0 unspecified atom stereocenters. The quantitative estimate of drug-likeness (QED) is 0.812. The Kier molecular flexibility index (Phi) is 3.27. The zero-order chi connectivity index (χ0) is 15.0. The molecule has 110 valence electrons. The van der Waals surface area contributed by atoms with Gasteiger partial charge in [-0.1, -0.05) is 30.3 Å². The average molecular weight is 288 g/mol. The lowest BCUT2D eigenvalue weighted by atomic mass is 10.1. The number of nitrogens with zero attached hydrogens (tertiary/aromatic N) is 2. The number of hydrogen-bond acceptors (Lipinski definition) is 3. The van der Waals surface area contributed by atoms with E-state index >= 15 is 0 Å². The molecule has 1 fully saturated rings. The van der Waals surface area contributed by atoms with Crippen LogP contribution in [0.25, 0.3) is 0 Å². The molecule has 1 saturated carbocycles. The molecule has 0 saturated heterocycles. The van der Waals surface area contributed by atoms with Crippen molar-refractivity contribution < 1.29 is 13.9 Å². The fourth-order valence-electron chi connectivity index (χ4n) is 2.72. The largest absolute Gasteiger partial charge is 0.461 e. The Labute approximate surface area is 122 Å². The number of halogens is 1. The maximum atomic E-state index is 14.3. The fraction of sp³-hybridized carbons (Fsp3) is 0.375. The smallest absolute Gasteiger partial charge is 0.361 e. The molecule has 5 heteroatoms. The molecule has 2 aromatic rings. The molecule has 1 aliphatic rings. The van der Waals surface area contributed by atoms with Gasteiger partial charge in [-0.05, 0) is 32.3 Å². The van der Waals surface area contributed by atoms with Crippen LogP contribution < -0.4 is 0 Å². The minimum atomic E-state index is -0.708. The van der Waals surface area contributed by atoms with E-state index in [4.69, 9.17) is 4.74 Å². The number of carbonyl (C=O) groups excluding carboxylic acids is 1. The summed E-state index contributed by atoms with van der Waals surface area (Å²) in [4.78, 5) is 11.8. The van der Waals surface area contributed by atoms with Crippen LogP contribution in [0.4, 0.5) is 4.39 Å². The zero-order valence-electron chi connectivity index (χ0n) is 12.1. The van der Waals surface area contributed by atoms with Gasteiger partial charge in [0.05, 0.1) is 17.8 Å². The number of carbonyl (C=O) groups is 1. The first-order valence-corrected chi connectivity index (χ1v) is 7.08. The Hall–Kier alpha value is -2.17. The van der Waals surface area contributed by atoms with Crippen LogP contribution in [0.15, 0.2) is 30.3 Å². The Morgan fingerprint density at radius 3 is 2.62 bits per heavy atom.